The summed E-state index contributed by atoms with van der Waals surface area (Å²) in [4.78, 5) is 11.7. The van der Waals surface area contributed by atoms with Gasteiger partial charge < -0.3 is 18.6 Å². The van der Waals surface area contributed by atoms with Crippen molar-refractivity contribution >= 4 is 16.9 Å². The summed E-state index contributed by atoms with van der Waals surface area (Å²) in [5.74, 6) is 0.988. The van der Waals surface area contributed by atoms with Crippen molar-refractivity contribution in [3.05, 3.63) is 29.5 Å². The third kappa shape index (κ3) is 2.88. The molecule has 1 saturated heterocycles. The molecule has 112 valence electrons. The lowest BCUT2D eigenvalue weighted by Gasteiger charge is -2.12. The minimum absolute atomic E-state index is 0.120. The van der Waals surface area contributed by atoms with Gasteiger partial charge in [0.25, 0.3) is 0 Å². The molecule has 1 aromatic carbocycles. The molecule has 0 aliphatic carbocycles. The highest BCUT2D eigenvalue weighted by molar-refractivity contribution is 5.96. The van der Waals surface area contributed by atoms with Gasteiger partial charge in [0, 0.05) is 6.61 Å². The van der Waals surface area contributed by atoms with Crippen molar-refractivity contribution in [3.63, 3.8) is 0 Å². The Balaban J connectivity index is 1.91. The second-order valence-corrected chi connectivity index (χ2v) is 5.18. The molecule has 1 fully saturated rings. The van der Waals surface area contributed by atoms with E-state index in [4.69, 9.17) is 18.6 Å². The molecular formula is C16H18O5. The van der Waals surface area contributed by atoms with Gasteiger partial charge in [-0.25, -0.2) is 4.79 Å². The fraction of sp³-hybridized carbons (Fsp3) is 0.438. The number of hydrogen-bond acceptors (Lipinski definition) is 5. The molecule has 2 aromatic rings. The van der Waals surface area contributed by atoms with Crippen molar-refractivity contribution in [2.45, 2.75) is 25.9 Å². The monoisotopic (exact) mass is 290 g/mol. The zero-order valence-corrected chi connectivity index (χ0v) is 12.2. The van der Waals surface area contributed by atoms with Crippen LogP contribution in [0.1, 0.15) is 29.0 Å². The lowest BCUT2D eigenvalue weighted by molar-refractivity contribution is 0.0598. The van der Waals surface area contributed by atoms with Crippen LogP contribution in [0.25, 0.3) is 11.0 Å². The highest BCUT2D eigenvalue weighted by Crippen LogP contribution is 2.31. The predicted molar refractivity (Wildman–Crippen MR) is 76.8 cm³/mol. The van der Waals surface area contributed by atoms with E-state index >= 15 is 0 Å². The van der Waals surface area contributed by atoms with Crippen molar-refractivity contribution in [1.29, 1.82) is 0 Å². The average Bonchev–Trinajstić information content (AvgIpc) is 3.11. The molecule has 1 aromatic heterocycles. The van der Waals surface area contributed by atoms with Gasteiger partial charge in [-0.15, -0.1) is 0 Å². The van der Waals surface area contributed by atoms with E-state index in [1.165, 1.54) is 7.11 Å². The van der Waals surface area contributed by atoms with Gasteiger partial charge in [0.2, 0.25) is 0 Å². The molecule has 1 atom stereocenters. The normalized spacial score (nSPS) is 18.1. The summed E-state index contributed by atoms with van der Waals surface area (Å²) in [7, 11) is 1.35. The summed E-state index contributed by atoms with van der Waals surface area (Å²) in [5, 5.41) is 0.859. The quantitative estimate of drug-likeness (QED) is 0.810. The van der Waals surface area contributed by atoms with E-state index in [1.807, 2.05) is 13.0 Å². The predicted octanol–water partition coefficient (Wildman–Crippen LogP) is 3.09. The van der Waals surface area contributed by atoms with Crippen LogP contribution in [0.4, 0.5) is 0 Å². The van der Waals surface area contributed by atoms with Gasteiger partial charge in [-0.1, -0.05) is 0 Å². The zero-order valence-electron chi connectivity index (χ0n) is 12.2. The van der Waals surface area contributed by atoms with Crippen LogP contribution in [0.5, 0.6) is 5.75 Å². The molecule has 0 N–H and O–H groups in total. The number of rotatable bonds is 4. The first kappa shape index (κ1) is 13.9. The van der Waals surface area contributed by atoms with Crippen LogP contribution in [-0.4, -0.2) is 32.4 Å². The Morgan fingerprint density at radius 1 is 1.38 bits per heavy atom. The molecule has 3 rings (SSSR count). The maximum absolute atomic E-state index is 11.7. The summed E-state index contributed by atoms with van der Waals surface area (Å²) in [6.45, 7) is 3.13. The van der Waals surface area contributed by atoms with E-state index in [0.29, 0.717) is 23.5 Å². The van der Waals surface area contributed by atoms with Crippen molar-refractivity contribution in [2.24, 2.45) is 0 Å². The van der Waals surface area contributed by atoms with Crippen molar-refractivity contribution in [1.82, 2.24) is 0 Å². The van der Waals surface area contributed by atoms with E-state index in [2.05, 4.69) is 0 Å². The average molecular weight is 290 g/mol. The lowest BCUT2D eigenvalue weighted by atomic mass is 10.1. The Morgan fingerprint density at radius 3 is 2.95 bits per heavy atom. The number of carbonyl (C=O) groups excluding carboxylic acids is 1. The third-order valence-corrected chi connectivity index (χ3v) is 3.59. The number of aryl methyl sites for hydroxylation is 1. The van der Waals surface area contributed by atoms with E-state index < -0.39 is 5.97 Å². The van der Waals surface area contributed by atoms with Crippen molar-refractivity contribution in [3.8, 4) is 5.75 Å². The highest BCUT2D eigenvalue weighted by Gasteiger charge is 2.19. The van der Waals surface area contributed by atoms with Crippen molar-refractivity contribution < 1.29 is 23.4 Å². The summed E-state index contributed by atoms with van der Waals surface area (Å²) in [5.41, 5.74) is 1.04. The van der Waals surface area contributed by atoms with Crippen LogP contribution < -0.4 is 4.74 Å². The summed E-state index contributed by atoms with van der Waals surface area (Å²) >= 11 is 0. The topological polar surface area (TPSA) is 57.9 Å². The van der Waals surface area contributed by atoms with Crippen LogP contribution >= 0.6 is 0 Å². The number of fused-ring (bicyclic) bond motifs is 1. The van der Waals surface area contributed by atoms with E-state index in [1.54, 1.807) is 12.1 Å². The largest absolute Gasteiger partial charge is 0.490 e. The first-order chi connectivity index (χ1) is 10.2. The zero-order chi connectivity index (χ0) is 14.8. The molecule has 5 nitrogen and oxygen atoms in total. The molecule has 2 heterocycles. The number of benzene rings is 1. The molecule has 0 bridgehead atoms. The lowest BCUT2D eigenvalue weighted by Crippen LogP contribution is -2.16. The molecule has 1 aliphatic heterocycles. The molecule has 0 spiro atoms. The van der Waals surface area contributed by atoms with Gasteiger partial charge in [-0.2, -0.15) is 0 Å². The molecule has 1 unspecified atom stereocenters. The fourth-order valence-corrected chi connectivity index (χ4v) is 2.55. The van der Waals surface area contributed by atoms with Crippen LogP contribution in [0.15, 0.2) is 22.6 Å². The third-order valence-electron chi connectivity index (χ3n) is 3.59. The molecule has 0 amide bonds. The molecule has 1 aliphatic rings. The second kappa shape index (κ2) is 5.77. The van der Waals surface area contributed by atoms with E-state index in [0.717, 1.165) is 30.6 Å². The molecule has 0 radical (unpaired) electrons. The van der Waals surface area contributed by atoms with Gasteiger partial charge in [-0.05, 0) is 38.0 Å². The highest BCUT2D eigenvalue weighted by atomic mass is 16.5. The standard InChI is InChI=1S/C16H18O5/c1-10-6-13-14(20-9-12-4-3-5-19-12)7-11(16(17)18-2)8-15(13)21-10/h6-8,12H,3-5,9H2,1-2H3. The number of hydrogen-bond donors (Lipinski definition) is 0. The number of esters is 1. The second-order valence-electron chi connectivity index (χ2n) is 5.18. The Hall–Kier alpha value is -2.01. The number of carbonyl (C=O) groups is 1. The van der Waals surface area contributed by atoms with Crippen LogP contribution in [0.3, 0.4) is 0 Å². The van der Waals surface area contributed by atoms with Crippen LogP contribution in [-0.2, 0) is 9.47 Å². The van der Waals surface area contributed by atoms with E-state index in [-0.39, 0.29) is 6.10 Å². The molecular weight excluding hydrogens is 272 g/mol. The number of methoxy groups -OCH3 is 1. The minimum atomic E-state index is -0.409. The van der Waals surface area contributed by atoms with Gasteiger partial charge in [0.1, 0.15) is 23.7 Å². The number of furan rings is 1. The maximum Gasteiger partial charge on any atom is 0.338 e. The minimum Gasteiger partial charge on any atom is -0.490 e. The Morgan fingerprint density at radius 2 is 2.24 bits per heavy atom. The van der Waals surface area contributed by atoms with Crippen LogP contribution in [0, 0.1) is 6.92 Å². The Bertz CT molecular complexity index is 652. The first-order valence-electron chi connectivity index (χ1n) is 7.04. The fourth-order valence-electron chi connectivity index (χ4n) is 2.55. The van der Waals surface area contributed by atoms with Gasteiger partial charge in [-0.3, -0.25) is 0 Å². The molecule has 5 heteroatoms. The number of ether oxygens (including phenoxy) is 3. The summed E-state index contributed by atoms with van der Waals surface area (Å²) in [6.07, 6.45) is 2.19. The molecule has 0 saturated carbocycles. The molecule has 21 heavy (non-hydrogen) atoms. The van der Waals surface area contributed by atoms with Crippen molar-refractivity contribution in [2.75, 3.05) is 20.3 Å². The SMILES string of the molecule is COC(=O)c1cc(OCC2CCCO2)c2cc(C)oc2c1. The van der Waals surface area contributed by atoms with Gasteiger partial charge in [0.05, 0.1) is 24.2 Å². The Labute approximate surface area is 122 Å². The smallest absolute Gasteiger partial charge is 0.338 e. The maximum atomic E-state index is 11.7. The van der Waals surface area contributed by atoms with Gasteiger partial charge in [0.15, 0.2) is 0 Å². The summed E-state index contributed by atoms with van der Waals surface area (Å²) in [6, 6.07) is 5.27. The Kier molecular flexibility index (Phi) is 3.84. The van der Waals surface area contributed by atoms with Gasteiger partial charge >= 0.3 is 5.97 Å². The summed E-state index contributed by atoms with van der Waals surface area (Å²) < 4.78 is 21.8. The van der Waals surface area contributed by atoms with Crippen LogP contribution in [0.2, 0.25) is 0 Å². The van der Waals surface area contributed by atoms with E-state index in [9.17, 15) is 4.79 Å². The first-order valence-corrected chi connectivity index (χ1v) is 7.04.